The summed E-state index contributed by atoms with van der Waals surface area (Å²) in [6.07, 6.45) is 1.41. The molecule has 6 nitrogen and oxygen atoms in total. The minimum absolute atomic E-state index is 0.209. The van der Waals surface area contributed by atoms with Crippen molar-refractivity contribution >= 4 is 17.4 Å². The van der Waals surface area contributed by atoms with E-state index in [1.165, 1.54) is 12.1 Å². The van der Waals surface area contributed by atoms with Crippen molar-refractivity contribution in [1.29, 1.82) is 0 Å². The second-order valence-electron chi connectivity index (χ2n) is 9.53. The Morgan fingerprint density at radius 1 is 1.00 bits per heavy atom. The van der Waals surface area contributed by atoms with Crippen LogP contribution in [0, 0.1) is 12.7 Å². The summed E-state index contributed by atoms with van der Waals surface area (Å²) < 4.78 is 36.0. The van der Waals surface area contributed by atoms with E-state index < -0.39 is 6.16 Å². The molecule has 0 aromatic heterocycles. The van der Waals surface area contributed by atoms with Gasteiger partial charge in [0.05, 0.1) is 19.3 Å². The summed E-state index contributed by atoms with van der Waals surface area (Å²) in [5, 5.41) is 3.58. The van der Waals surface area contributed by atoms with Gasteiger partial charge >= 0.3 is 6.16 Å². The average Bonchev–Trinajstić information content (AvgIpc) is 2.83. The van der Waals surface area contributed by atoms with Crippen LogP contribution in [0.4, 0.5) is 14.9 Å². The predicted octanol–water partition coefficient (Wildman–Crippen LogP) is 7.53. The first-order valence-electron chi connectivity index (χ1n) is 12.2. The Labute approximate surface area is 217 Å². The zero-order valence-corrected chi connectivity index (χ0v) is 22.0. The number of rotatable bonds is 7. The molecule has 0 saturated carbocycles. The number of benzene rings is 3. The fourth-order valence-corrected chi connectivity index (χ4v) is 4.68. The number of nitrogens with one attached hydrogen (secondary N) is 1. The normalized spacial score (nSPS) is 13.6. The van der Waals surface area contributed by atoms with Crippen LogP contribution in [0.15, 0.2) is 54.6 Å². The molecule has 0 spiro atoms. The molecular formula is C30H32FNO5. The third-order valence-electron chi connectivity index (χ3n) is 6.19. The molecule has 194 valence electrons. The summed E-state index contributed by atoms with van der Waals surface area (Å²) in [6, 6.07) is 13.8. The molecule has 1 N–H and O–H groups in total. The van der Waals surface area contributed by atoms with E-state index in [9.17, 15) is 9.18 Å². The molecule has 0 unspecified atom stereocenters. The number of fused-ring (bicyclic) bond motifs is 1. The summed E-state index contributed by atoms with van der Waals surface area (Å²) in [4.78, 5) is 11.8. The van der Waals surface area contributed by atoms with Crippen LogP contribution in [-0.4, -0.2) is 25.4 Å². The molecule has 0 bridgehead atoms. The quantitative estimate of drug-likeness (QED) is 0.264. The second kappa shape index (κ2) is 10.5. The van der Waals surface area contributed by atoms with E-state index in [0.717, 1.165) is 39.1 Å². The molecule has 4 rings (SSSR count). The van der Waals surface area contributed by atoms with Crippen molar-refractivity contribution in [2.24, 2.45) is 0 Å². The van der Waals surface area contributed by atoms with Crippen molar-refractivity contribution in [2.75, 3.05) is 19.0 Å². The maximum Gasteiger partial charge on any atom is 0.513 e. The van der Waals surface area contributed by atoms with E-state index in [4.69, 9.17) is 18.9 Å². The van der Waals surface area contributed by atoms with Crippen molar-refractivity contribution in [1.82, 2.24) is 0 Å². The van der Waals surface area contributed by atoms with Crippen LogP contribution in [0.1, 0.15) is 44.4 Å². The van der Waals surface area contributed by atoms with Gasteiger partial charge in [-0.15, -0.1) is 0 Å². The van der Waals surface area contributed by atoms with Gasteiger partial charge in [-0.05, 0) is 75.6 Å². The molecule has 0 fully saturated rings. The molecule has 3 aromatic rings. The summed E-state index contributed by atoms with van der Waals surface area (Å²) in [6.45, 7) is 10.3. The summed E-state index contributed by atoms with van der Waals surface area (Å²) in [7, 11) is 1.56. The topological polar surface area (TPSA) is 66.0 Å². The number of carbonyl (C=O) groups is 1. The van der Waals surface area contributed by atoms with Crippen LogP contribution >= 0.6 is 0 Å². The Morgan fingerprint density at radius 3 is 2.49 bits per heavy atom. The highest BCUT2D eigenvalue weighted by Crippen LogP contribution is 2.43. The van der Waals surface area contributed by atoms with Gasteiger partial charge in [-0.25, -0.2) is 9.18 Å². The maximum atomic E-state index is 14.0. The van der Waals surface area contributed by atoms with Gasteiger partial charge < -0.3 is 24.3 Å². The molecule has 0 amide bonds. The third-order valence-corrected chi connectivity index (χ3v) is 6.19. The summed E-state index contributed by atoms with van der Waals surface area (Å²) >= 11 is 0. The monoisotopic (exact) mass is 505 g/mol. The minimum atomic E-state index is -0.778. The van der Waals surface area contributed by atoms with E-state index >= 15 is 0 Å². The van der Waals surface area contributed by atoms with Crippen molar-refractivity contribution in [3.63, 3.8) is 0 Å². The maximum absolute atomic E-state index is 14.0. The molecule has 1 aliphatic heterocycles. The first-order chi connectivity index (χ1) is 17.6. The highest BCUT2D eigenvalue weighted by atomic mass is 19.1. The predicted molar refractivity (Wildman–Crippen MR) is 143 cm³/mol. The molecule has 37 heavy (non-hydrogen) atoms. The molecule has 1 heterocycles. The number of methoxy groups -OCH3 is 1. The van der Waals surface area contributed by atoms with Crippen molar-refractivity contribution < 1.29 is 28.1 Å². The number of halogens is 1. The summed E-state index contributed by atoms with van der Waals surface area (Å²) in [5.41, 5.74) is 6.38. The zero-order valence-electron chi connectivity index (χ0n) is 22.0. The van der Waals surface area contributed by atoms with Gasteiger partial charge in [-0.2, -0.15) is 0 Å². The lowest BCUT2D eigenvalue weighted by Crippen LogP contribution is -2.32. The van der Waals surface area contributed by atoms with Crippen LogP contribution < -0.4 is 19.5 Å². The molecule has 1 aliphatic rings. The van der Waals surface area contributed by atoms with E-state index in [1.54, 1.807) is 32.2 Å². The lowest BCUT2D eigenvalue weighted by atomic mass is 9.85. The third kappa shape index (κ3) is 5.71. The Bertz CT molecular complexity index is 1360. The highest BCUT2D eigenvalue weighted by molar-refractivity contribution is 5.88. The number of hydrogen-bond donors (Lipinski definition) is 1. The number of ether oxygens (including phenoxy) is 4. The smallest absolute Gasteiger partial charge is 0.496 e. The second-order valence-corrected chi connectivity index (χ2v) is 9.53. The lowest BCUT2D eigenvalue weighted by molar-refractivity contribution is 0.104. The molecule has 0 radical (unpaired) electrons. The van der Waals surface area contributed by atoms with Gasteiger partial charge in [-0.1, -0.05) is 18.2 Å². The van der Waals surface area contributed by atoms with E-state index in [1.807, 2.05) is 25.1 Å². The van der Waals surface area contributed by atoms with Gasteiger partial charge in [0, 0.05) is 34.5 Å². The Kier molecular flexibility index (Phi) is 7.43. The fraction of sp³-hybridized carbons (Fsp3) is 0.300. The largest absolute Gasteiger partial charge is 0.513 e. The molecule has 0 atom stereocenters. The molecule has 0 saturated heterocycles. The molecule has 0 aliphatic carbocycles. The number of carbonyl (C=O) groups excluding carboxylic acids is 1. The highest BCUT2D eigenvalue weighted by Gasteiger charge is 2.27. The molecule has 3 aromatic carbocycles. The first kappa shape index (κ1) is 26.1. The van der Waals surface area contributed by atoms with Crippen LogP contribution in [0.3, 0.4) is 0 Å². The van der Waals surface area contributed by atoms with Gasteiger partial charge in [0.2, 0.25) is 0 Å². The molecular weight excluding hydrogens is 473 g/mol. The number of anilines is 1. The lowest BCUT2D eigenvalue weighted by Gasteiger charge is -2.33. The van der Waals surface area contributed by atoms with Crippen LogP contribution in [-0.2, 0) is 11.3 Å². The number of aryl methyl sites for hydroxylation is 1. The fourth-order valence-electron chi connectivity index (χ4n) is 4.68. The zero-order chi connectivity index (χ0) is 26.7. The van der Waals surface area contributed by atoms with Crippen LogP contribution in [0.25, 0.3) is 16.7 Å². The number of hydrogen-bond acceptors (Lipinski definition) is 6. The van der Waals surface area contributed by atoms with Crippen molar-refractivity contribution in [3.05, 3.63) is 77.1 Å². The summed E-state index contributed by atoms with van der Waals surface area (Å²) in [5.74, 6) is 0.967. The van der Waals surface area contributed by atoms with Gasteiger partial charge in [0.1, 0.15) is 29.7 Å². The SMILES string of the molecule is CCOC(=O)Oc1ccc(-c2ccc3c(c2COc2cc(F)ccc2C)C(C)=CC(C)(C)N3)c(OC)c1. The van der Waals surface area contributed by atoms with Gasteiger partial charge in [0.15, 0.2) is 0 Å². The van der Waals surface area contributed by atoms with Crippen LogP contribution in [0.5, 0.6) is 17.2 Å². The minimum Gasteiger partial charge on any atom is -0.496 e. The Hall–Kier alpha value is -4.00. The van der Waals surface area contributed by atoms with Gasteiger partial charge in [0.25, 0.3) is 0 Å². The van der Waals surface area contributed by atoms with E-state index in [2.05, 4.69) is 32.2 Å². The van der Waals surface area contributed by atoms with E-state index in [-0.39, 0.29) is 24.6 Å². The first-order valence-corrected chi connectivity index (χ1v) is 12.2. The number of allylic oxidation sites excluding steroid dienone is 1. The molecule has 7 heteroatoms. The van der Waals surface area contributed by atoms with E-state index in [0.29, 0.717) is 17.2 Å². The van der Waals surface area contributed by atoms with Crippen molar-refractivity contribution in [3.8, 4) is 28.4 Å². The van der Waals surface area contributed by atoms with Crippen molar-refractivity contribution in [2.45, 2.75) is 46.8 Å². The standard InChI is InChI=1S/C30H32FNO5/c1-7-35-29(33)37-21-10-11-23(27(15-21)34-6)22-12-13-25-28(19(3)16-30(4,5)32-25)24(22)17-36-26-14-20(31)9-8-18(26)2/h8-16,32H,7,17H2,1-6H3. The Balaban J connectivity index is 1.81. The average molecular weight is 506 g/mol. The Morgan fingerprint density at radius 2 is 1.76 bits per heavy atom. The van der Waals surface area contributed by atoms with Gasteiger partial charge in [-0.3, -0.25) is 0 Å². The van der Waals surface area contributed by atoms with Crippen LogP contribution in [0.2, 0.25) is 0 Å².